The molecule has 1 amide bonds. The summed E-state index contributed by atoms with van der Waals surface area (Å²) in [4.78, 5) is 21.4. The Hall–Kier alpha value is -3.41. The van der Waals surface area contributed by atoms with Gasteiger partial charge in [0.25, 0.3) is 5.91 Å². The molecule has 6 heteroatoms. The Morgan fingerprint density at radius 3 is 2.85 bits per heavy atom. The molecule has 4 rings (SSSR count). The van der Waals surface area contributed by atoms with Gasteiger partial charge in [-0.3, -0.25) is 9.78 Å². The van der Waals surface area contributed by atoms with E-state index in [-0.39, 0.29) is 5.91 Å². The van der Waals surface area contributed by atoms with Crippen LogP contribution >= 0.6 is 0 Å². The minimum atomic E-state index is -0.114. The van der Waals surface area contributed by atoms with Crippen molar-refractivity contribution in [2.24, 2.45) is 0 Å². The Bertz CT molecular complexity index is 1080. The zero-order chi connectivity index (χ0) is 18.8. The van der Waals surface area contributed by atoms with Crippen molar-refractivity contribution in [2.45, 2.75) is 26.4 Å². The van der Waals surface area contributed by atoms with E-state index in [0.717, 1.165) is 22.5 Å². The monoisotopic (exact) mass is 359 g/mol. The summed E-state index contributed by atoms with van der Waals surface area (Å²) < 4.78 is 4.06. The first-order valence-corrected chi connectivity index (χ1v) is 8.94. The van der Waals surface area contributed by atoms with Crippen molar-refractivity contribution in [1.29, 1.82) is 0 Å². The van der Waals surface area contributed by atoms with E-state index >= 15 is 0 Å². The normalized spacial score (nSPS) is 11.2. The van der Waals surface area contributed by atoms with Crippen molar-refractivity contribution >= 4 is 11.4 Å². The number of pyridine rings is 2. The number of carbonyl (C=O) groups is 1. The van der Waals surface area contributed by atoms with Crippen molar-refractivity contribution < 1.29 is 4.79 Å². The van der Waals surface area contributed by atoms with Crippen LogP contribution in [-0.4, -0.2) is 24.8 Å². The quantitative estimate of drug-likeness (QED) is 0.591. The van der Waals surface area contributed by atoms with Gasteiger partial charge in [0.05, 0.1) is 23.1 Å². The second-order valence-corrected chi connectivity index (χ2v) is 6.74. The molecule has 4 heterocycles. The topological polar surface area (TPSA) is 64.2 Å². The van der Waals surface area contributed by atoms with E-state index in [1.54, 1.807) is 12.4 Å². The molecule has 0 aliphatic heterocycles. The minimum absolute atomic E-state index is 0.114. The highest BCUT2D eigenvalue weighted by atomic mass is 16.1. The summed E-state index contributed by atoms with van der Waals surface area (Å²) in [6, 6.07) is 11.9. The van der Waals surface area contributed by atoms with Gasteiger partial charge in [0.15, 0.2) is 0 Å². The molecular formula is C21H21N5O. The third kappa shape index (κ3) is 3.33. The van der Waals surface area contributed by atoms with Crippen LogP contribution in [-0.2, 0) is 6.54 Å². The van der Waals surface area contributed by atoms with E-state index in [2.05, 4.69) is 33.7 Å². The number of hydrogen-bond acceptors (Lipinski definition) is 3. The number of carbonyl (C=O) groups excluding carboxylic acids is 1. The Labute approximate surface area is 157 Å². The predicted molar refractivity (Wildman–Crippen MR) is 104 cm³/mol. The standard InChI is InChI=1S/C21H21N5O/c1-15(2)25-13-18(24-14-25)20-10-17(19-7-3-4-9-26(19)20)21(27)23-12-16-6-5-8-22-11-16/h3-11,13-15H,12H2,1-2H3,(H,23,27). The second-order valence-electron chi connectivity index (χ2n) is 6.74. The third-order valence-corrected chi connectivity index (χ3v) is 4.56. The van der Waals surface area contributed by atoms with E-state index in [4.69, 9.17) is 0 Å². The molecule has 0 unspecified atom stereocenters. The molecule has 0 bridgehead atoms. The molecule has 0 fully saturated rings. The summed E-state index contributed by atoms with van der Waals surface area (Å²) in [5.41, 5.74) is 4.20. The van der Waals surface area contributed by atoms with Crippen LogP contribution in [0.5, 0.6) is 0 Å². The highest BCUT2D eigenvalue weighted by Gasteiger charge is 2.17. The molecule has 0 radical (unpaired) electrons. The third-order valence-electron chi connectivity index (χ3n) is 4.56. The Kier molecular flexibility index (Phi) is 4.46. The molecule has 4 aromatic rings. The summed E-state index contributed by atoms with van der Waals surface area (Å²) in [6.07, 6.45) is 9.26. The number of rotatable bonds is 5. The average Bonchev–Trinajstić information content (AvgIpc) is 3.32. The van der Waals surface area contributed by atoms with Gasteiger partial charge in [-0.1, -0.05) is 12.1 Å². The lowest BCUT2D eigenvalue weighted by Crippen LogP contribution is -2.22. The van der Waals surface area contributed by atoms with Crippen molar-refractivity contribution in [3.8, 4) is 11.4 Å². The number of imidazole rings is 1. The summed E-state index contributed by atoms with van der Waals surface area (Å²) in [7, 11) is 0. The van der Waals surface area contributed by atoms with E-state index < -0.39 is 0 Å². The van der Waals surface area contributed by atoms with Gasteiger partial charge < -0.3 is 14.3 Å². The Morgan fingerprint density at radius 2 is 2.11 bits per heavy atom. The van der Waals surface area contributed by atoms with Gasteiger partial charge >= 0.3 is 0 Å². The number of fused-ring (bicyclic) bond motifs is 1. The average molecular weight is 359 g/mol. The first-order chi connectivity index (χ1) is 13.1. The van der Waals surface area contributed by atoms with Crippen molar-refractivity contribution in [1.82, 2.24) is 24.3 Å². The van der Waals surface area contributed by atoms with E-state index in [1.807, 2.05) is 59.5 Å². The molecule has 0 spiro atoms. The molecule has 27 heavy (non-hydrogen) atoms. The summed E-state index contributed by atoms with van der Waals surface area (Å²) >= 11 is 0. The van der Waals surface area contributed by atoms with Gasteiger partial charge in [-0.15, -0.1) is 0 Å². The fourth-order valence-corrected chi connectivity index (χ4v) is 3.06. The first-order valence-electron chi connectivity index (χ1n) is 8.94. The highest BCUT2D eigenvalue weighted by Crippen LogP contribution is 2.26. The molecule has 4 aromatic heterocycles. The summed E-state index contributed by atoms with van der Waals surface area (Å²) in [5, 5.41) is 2.98. The Balaban J connectivity index is 1.68. The van der Waals surface area contributed by atoms with Crippen molar-refractivity contribution in [3.05, 3.63) is 78.6 Å². The SMILES string of the molecule is CC(C)n1cnc(-c2cc(C(=O)NCc3cccnc3)c3ccccn23)c1. The molecule has 6 nitrogen and oxygen atoms in total. The second kappa shape index (κ2) is 7.07. The van der Waals surface area contributed by atoms with Gasteiger partial charge in [-0.05, 0) is 43.7 Å². The fourth-order valence-electron chi connectivity index (χ4n) is 3.06. The first kappa shape index (κ1) is 17.0. The lowest BCUT2D eigenvalue weighted by Gasteiger charge is -2.04. The van der Waals surface area contributed by atoms with Gasteiger partial charge in [0, 0.05) is 37.4 Å². The van der Waals surface area contributed by atoms with E-state index in [0.29, 0.717) is 18.2 Å². The molecular weight excluding hydrogens is 338 g/mol. The Morgan fingerprint density at radius 1 is 1.22 bits per heavy atom. The van der Waals surface area contributed by atoms with Crippen LogP contribution in [0.3, 0.4) is 0 Å². The smallest absolute Gasteiger partial charge is 0.253 e. The zero-order valence-electron chi connectivity index (χ0n) is 15.3. The van der Waals surface area contributed by atoms with Crippen LogP contribution < -0.4 is 5.32 Å². The number of nitrogens with one attached hydrogen (secondary N) is 1. The van der Waals surface area contributed by atoms with Crippen LogP contribution in [0.1, 0.15) is 35.8 Å². The summed E-state index contributed by atoms with van der Waals surface area (Å²) in [6.45, 7) is 4.66. The van der Waals surface area contributed by atoms with Crippen molar-refractivity contribution in [2.75, 3.05) is 0 Å². The largest absolute Gasteiger partial charge is 0.348 e. The molecule has 1 N–H and O–H groups in total. The van der Waals surface area contributed by atoms with Crippen LogP contribution in [0.25, 0.3) is 16.9 Å². The lowest BCUT2D eigenvalue weighted by molar-refractivity contribution is 0.0952. The number of amides is 1. The van der Waals surface area contributed by atoms with Gasteiger partial charge in [0.2, 0.25) is 0 Å². The molecule has 0 aliphatic carbocycles. The van der Waals surface area contributed by atoms with Gasteiger partial charge in [-0.2, -0.15) is 0 Å². The molecule has 0 saturated carbocycles. The number of hydrogen-bond donors (Lipinski definition) is 1. The maximum absolute atomic E-state index is 12.8. The predicted octanol–water partition coefficient (Wildman–Crippen LogP) is 3.71. The van der Waals surface area contributed by atoms with Crippen LogP contribution in [0.2, 0.25) is 0 Å². The molecule has 0 aromatic carbocycles. The van der Waals surface area contributed by atoms with Crippen LogP contribution in [0.15, 0.2) is 67.5 Å². The molecule has 0 saturated heterocycles. The lowest BCUT2D eigenvalue weighted by atomic mass is 10.2. The molecule has 0 aliphatic rings. The van der Waals surface area contributed by atoms with Crippen LogP contribution in [0, 0.1) is 0 Å². The number of aromatic nitrogens is 4. The molecule has 136 valence electrons. The maximum Gasteiger partial charge on any atom is 0.253 e. The van der Waals surface area contributed by atoms with E-state index in [1.165, 1.54) is 0 Å². The summed E-state index contributed by atoms with van der Waals surface area (Å²) in [5.74, 6) is -0.114. The molecule has 0 atom stereocenters. The van der Waals surface area contributed by atoms with Crippen molar-refractivity contribution in [3.63, 3.8) is 0 Å². The van der Waals surface area contributed by atoms with Gasteiger partial charge in [-0.25, -0.2) is 4.98 Å². The zero-order valence-corrected chi connectivity index (χ0v) is 15.3. The maximum atomic E-state index is 12.8. The van der Waals surface area contributed by atoms with Crippen LogP contribution in [0.4, 0.5) is 0 Å². The van der Waals surface area contributed by atoms with E-state index in [9.17, 15) is 4.79 Å². The fraction of sp³-hybridized carbons (Fsp3) is 0.190. The minimum Gasteiger partial charge on any atom is -0.348 e. The highest BCUT2D eigenvalue weighted by molar-refractivity contribution is 6.02. The van der Waals surface area contributed by atoms with Gasteiger partial charge in [0.1, 0.15) is 5.69 Å². The number of nitrogens with zero attached hydrogens (tertiary/aromatic N) is 4.